The molecule has 3 atom stereocenters. The lowest BCUT2D eigenvalue weighted by molar-refractivity contribution is -0.165. The van der Waals surface area contributed by atoms with Crippen LogP contribution in [-0.4, -0.2) is 65.8 Å². The Balaban J connectivity index is 2.68. The molecule has 2 rings (SSSR count). The predicted octanol–water partition coefficient (Wildman–Crippen LogP) is 5.85. The number of aliphatic imine (C=N–C) groups is 2. The van der Waals surface area contributed by atoms with E-state index in [0.29, 0.717) is 5.41 Å². The second-order valence-electron chi connectivity index (χ2n) is 12.3. The van der Waals surface area contributed by atoms with Crippen LogP contribution < -0.4 is 0 Å². The molecule has 0 bridgehead atoms. The van der Waals surface area contributed by atoms with E-state index in [2.05, 4.69) is 37.6 Å². The number of likely N-dealkylation sites (tertiary alicyclic amines) is 1. The van der Waals surface area contributed by atoms with E-state index in [-0.39, 0.29) is 18.0 Å². The first kappa shape index (κ1) is 28.5. The zero-order valence-electron chi connectivity index (χ0n) is 23.6. The number of rotatable bonds is 7. The van der Waals surface area contributed by atoms with Gasteiger partial charge in [-0.25, -0.2) is 4.79 Å². The largest absolute Gasteiger partial charge is 0.461 e. The van der Waals surface area contributed by atoms with Crippen molar-refractivity contribution in [3.8, 4) is 0 Å². The summed E-state index contributed by atoms with van der Waals surface area (Å²) in [5, 5.41) is 0. The summed E-state index contributed by atoms with van der Waals surface area (Å²) < 4.78 is 12.2. The van der Waals surface area contributed by atoms with E-state index in [1.165, 1.54) is 5.70 Å². The Bertz CT molecular complexity index is 809. The van der Waals surface area contributed by atoms with Gasteiger partial charge in [-0.05, 0) is 86.0 Å². The van der Waals surface area contributed by atoms with E-state index in [1.807, 2.05) is 54.7 Å². The van der Waals surface area contributed by atoms with Crippen molar-refractivity contribution in [3.05, 3.63) is 11.3 Å². The van der Waals surface area contributed by atoms with Crippen molar-refractivity contribution >= 4 is 17.9 Å². The molecule has 34 heavy (non-hydrogen) atoms. The molecule has 0 N–H and O–H groups in total. The van der Waals surface area contributed by atoms with Gasteiger partial charge in [0.1, 0.15) is 0 Å². The van der Waals surface area contributed by atoms with E-state index < -0.39 is 17.2 Å². The Hall–Kier alpha value is -1.69. The lowest BCUT2D eigenvalue weighted by atomic mass is 9.81. The molecule has 2 heterocycles. The summed E-state index contributed by atoms with van der Waals surface area (Å²) in [6.45, 7) is 25.5. The third-order valence-electron chi connectivity index (χ3n) is 6.94. The maximum Gasteiger partial charge on any atom is 0.340 e. The van der Waals surface area contributed by atoms with Gasteiger partial charge in [0.15, 0.2) is 6.10 Å². The van der Waals surface area contributed by atoms with Crippen molar-refractivity contribution in [3.63, 3.8) is 0 Å². The topological polar surface area (TPSA) is 63.5 Å². The first-order valence-electron chi connectivity index (χ1n) is 13.0. The van der Waals surface area contributed by atoms with Crippen molar-refractivity contribution in [2.75, 3.05) is 19.6 Å². The lowest BCUT2D eigenvalue weighted by Gasteiger charge is -2.41. The average molecular weight is 476 g/mol. The maximum absolute atomic E-state index is 13.5. The van der Waals surface area contributed by atoms with Crippen molar-refractivity contribution in [1.29, 1.82) is 0 Å². The van der Waals surface area contributed by atoms with Gasteiger partial charge in [-0.1, -0.05) is 20.8 Å². The second-order valence-corrected chi connectivity index (χ2v) is 12.3. The highest BCUT2D eigenvalue weighted by Gasteiger charge is 2.41. The second kappa shape index (κ2) is 10.9. The van der Waals surface area contributed by atoms with Gasteiger partial charge in [-0.2, -0.15) is 0 Å². The fourth-order valence-electron chi connectivity index (χ4n) is 4.67. The van der Waals surface area contributed by atoms with E-state index in [4.69, 9.17) is 14.5 Å². The van der Waals surface area contributed by atoms with Crippen LogP contribution in [0.5, 0.6) is 0 Å². The van der Waals surface area contributed by atoms with Gasteiger partial charge < -0.3 is 14.4 Å². The summed E-state index contributed by atoms with van der Waals surface area (Å²) in [7, 11) is 0. The Morgan fingerprint density at radius 1 is 1.24 bits per heavy atom. The van der Waals surface area contributed by atoms with Gasteiger partial charge in [-0.3, -0.25) is 9.98 Å². The van der Waals surface area contributed by atoms with Crippen LogP contribution in [0.25, 0.3) is 0 Å². The van der Waals surface area contributed by atoms with Gasteiger partial charge >= 0.3 is 5.97 Å². The van der Waals surface area contributed by atoms with Crippen molar-refractivity contribution < 1.29 is 14.3 Å². The fourth-order valence-corrected chi connectivity index (χ4v) is 4.67. The molecule has 0 spiro atoms. The number of ether oxygens (including phenoxy) is 2. The van der Waals surface area contributed by atoms with Crippen molar-refractivity contribution in [2.45, 2.75) is 119 Å². The molecule has 6 nitrogen and oxygen atoms in total. The molecule has 1 saturated heterocycles. The molecule has 6 heteroatoms. The number of piperidine rings is 1. The van der Waals surface area contributed by atoms with Crippen molar-refractivity contribution in [2.24, 2.45) is 21.3 Å². The summed E-state index contributed by atoms with van der Waals surface area (Å²) in [5.74, 6) is -0.126. The molecular formula is C28H49N3O3. The molecule has 2 aliphatic heterocycles. The van der Waals surface area contributed by atoms with Crippen LogP contribution in [0.4, 0.5) is 0 Å². The highest BCUT2D eigenvalue weighted by Crippen LogP contribution is 2.39. The lowest BCUT2D eigenvalue weighted by Crippen LogP contribution is -2.43. The van der Waals surface area contributed by atoms with Gasteiger partial charge in [0, 0.05) is 42.8 Å². The third-order valence-corrected chi connectivity index (χ3v) is 6.94. The molecule has 0 saturated carbocycles. The number of allylic oxidation sites excluding steroid dienone is 1. The number of hydrogen-bond donors (Lipinski definition) is 0. The number of carbonyl (C=O) groups excluding carboxylic acids is 1. The van der Waals surface area contributed by atoms with Crippen molar-refractivity contribution in [1.82, 2.24) is 4.90 Å². The molecule has 1 unspecified atom stereocenters. The van der Waals surface area contributed by atoms with Gasteiger partial charge in [0.2, 0.25) is 0 Å². The van der Waals surface area contributed by atoms with Crippen LogP contribution in [0.2, 0.25) is 0 Å². The maximum atomic E-state index is 13.5. The quantitative estimate of drug-likeness (QED) is 0.342. The van der Waals surface area contributed by atoms with E-state index in [9.17, 15) is 4.79 Å². The number of carbonyl (C=O) groups is 1. The van der Waals surface area contributed by atoms with Crippen LogP contribution in [0.15, 0.2) is 21.3 Å². The highest BCUT2D eigenvalue weighted by atomic mass is 16.6. The molecule has 0 aromatic carbocycles. The minimum absolute atomic E-state index is 0.219. The first-order valence-corrected chi connectivity index (χ1v) is 13.0. The minimum Gasteiger partial charge on any atom is -0.461 e. The van der Waals surface area contributed by atoms with E-state index >= 15 is 0 Å². The molecule has 1 fully saturated rings. The molecule has 194 valence electrons. The number of nitrogens with zero attached hydrogens (tertiary/aromatic N) is 3. The monoisotopic (exact) mass is 475 g/mol. The first-order chi connectivity index (χ1) is 15.6. The normalized spacial score (nSPS) is 27.1. The van der Waals surface area contributed by atoms with E-state index in [1.54, 1.807) is 0 Å². The Kier molecular flexibility index (Phi) is 9.17. The van der Waals surface area contributed by atoms with Crippen LogP contribution >= 0.6 is 0 Å². The summed E-state index contributed by atoms with van der Waals surface area (Å²) in [5.41, 5.74) is 2.25. The summed E-state index contributed by atoms with van der Waals surface area (Å²) >= 11 is 0. The smallest absolute Gasteiger partial charge is 0.340 e. The van der Waals surface area contributed by atoms with Crippen LogP contribution in [0.1, 0.15) is 95.4 Å². The Morgan fingerprint density at radius 2 is 1.82 bits per heavy atom. The van der Waals surface area contributed by atoms with Crippen LogP contribution in [0.3, 0.4) is 0 Å². The molecule has 0 amide bonds. The van der Waals surface area contributed by atoms with Crippen LogP contribution in [-0.2, 0) is 14.3 Å². The third kappa shape index (κ3) is 7.40. The Labute approximate surface area is 208 Å². The molecule has 0 radical (unpaired) electrons. The fraction of sp³-hybridized carbons (Fsp3) is 0.821. The average Bonchev–Trinajstić information content (AvgIpc) is 2.78. The van der Waals surface area contributed by atoms with E-state index in [0.717, 1.165) is 50.2 Å². The number of esters is 1. The highest BCUT2D eigenvalue weighted by molar-refractivity contribution is 6.05. The predicted molar refractivity (Wildman–Crippen MR) is 142 cm³/mol. The molecule has 0 aromatic heterocycles. The standard InChI is InChI=1S/C28H49N3O3/c1-12-29-18-28(11)20(4)17-22(31-15-13-27(9,10)14-16-31)23(21(5)30-28)24(34-26(6,7)8)25(32)33-19(2)3/h18-20,24H,12-17H2,1-11H3/t20?,24-,28-/m0/s1. The van der Waals surface area contributed by atoms with Crippen LogP contribution in [0, 0.1) is 11.3 Å². The molecule has 0 aromatic rings. The molecule has 0 aliphatic carbocycles. The Morgan fingerprint density at radius 3 is 2.32 bits per heavy atom. The minimum atomic E-state index is -0.825. The summed E-state index contributed by atoms with van der Waals surface area (Å²) in [6.07, 6.45) is 3.99. The van der Waals surface area contributed by atoms with Gasteiger partial charge in [-0.15, -0.1) is 0 Å². The van der Waals surface area contributed by atoms with Gasteiger partial charge in [0.05, 0.1) is 17.2 Å². The summed E-state index contributed by atoms with van der Waals surface area (Å²) in [4.78, 5) is 25.7. The molecular weight excluding hydrogens is 426 g/mol. The summed E-state index contributed by atoms with van der Waals surface area (Å²) in [6, 6.07) is 0. The number of hydrogen-bond acceptors (Lipinski definition) is 6. The molecule has 2 aliphatic rings. The zero-order valence-corrected chi connectivity index (χ0v) is 23.6. The zero-order chi connectivity index (χ0) is 25.9. The van der Waals surface area contributed by atoms with Gasteiger partial charge in [0.25, 0.3) is 0 Å². The SMILES string of the molecule is CCN=C[C@]1(C)N=C(C)C([C@H](OC(C)(C)C)C(=O)OC(C)C)=C(N2CCC(C)(C)CC2)CC1C.